The highest BCUT2D eigenvalue weighted by molar-refractivity contribution is 5.70. The van der Waals surface area contributed by atoms with Crippen molar-refractivity contribution in [3.05, 3.63) is 0 Å². The molecule has 0 atom stereocenters. The molecule has 0 bridgehead atoms. The SMILES string of the molecule is COCC(=O)OCCCCCOC(C)=O. The second-order valence-electron chi connectivity index (χ2n) is 3.05. The van der Waals surface area contributed by atoms with Gasteiger partial charge in [-0.3, -0.25) is 4.79 Å². The molecule has 88 valence electrons. The van der Waals surface area contributed by atoms with Crippen LogP contribution < -0.4 is 0 Å². The molecule has 0 aromatic carbocycles. The summed E-state index contributed by atoms with van der Waals surface area (Å²) in [6, 6.07) is 0. The molecule has 0 N–H and O–H groups in total. The normalized spacial score (nSPS) is 9.73. The van der Waals surface area contributed by atoms with Crippen LogP contribution in [0.15, 0.2) is 0 Å². The van der Waals surface area contributed by atoms with Crippen LogP contribution in [0, 0.1) is 0 Å². The zero-order valence-corrected chi connectivity index (χ0v) is 9.28. The van der Waals surface area contributed by atoms with E-state index in [1.165, 1.54) is 14.0 Å². The van der Waals surface area contributed by atoms with Crippen molar-refractivity contribution in [3.63, 3.8) is 0 Å². The second kappa shape index (κ2) is 9.45. The van der Waals surface area contributed by atoms with Gasteiger partial charge in [0.2, 0.25) is 0 Å². The van der Waals surface area contributed by atoms with Crippen LogP contribution in [0.1, 0.15) is 26.2 Å². The minimum Gasteiger partial charge on any atom is -0.466 e. The molecular weight excluding hydrogens is 200 g/mol. The summed E-state index contributed by atoms with van der Waals surface area (Å²) in [4.78, 5) is 21.2. The average molecular weight is 218 g/mol. The van der Waals surface area contributed by atoms with Crippen molar-refractivity contribution in [1.29, 1.82) is 0 Å². The Hall–Kier alpha value is -1.10. The van der Waals surface area contributed by atoms with Gasteiger partial charge in [-0.2, -0.15) is 0 Å². The van der Waals surface area contributed by atoms with Gasteiger partial charge in [0.15, 0.2) is 0 Å². The molecule has 0 aromatic heterocycles. The Morgan fingerprint density at radius 2 is 1.60 bits per heavy atom. The van der Waals surface area contributed by atoms with Crippen LogP contribution in [-0.4, -0.2) is 38.9 Å². The molecule has 0 fully saturated rings. The van der Waals surface area contributed by atoms with Crippen LogP contribution in [0.25, 0.3) is 0 Å². The van der Waals surface area contributed by atoms with Gasteiger partial charge in [0.25, 0.3) is 0 Å². The highest BCUT2D eigenvalue weighted by Crippen LogP contribution is 1.97. The van der Waals surface area contributed by atoms with Crippen LogP contribution in [0.3, 0.4) is 0 Å². The molecule has 0 saturated heterocycles. The van der Waals surface area contributed by atoms with Crippen molar-refractivity contribution in [2.24, 2.45) is 0 Å². The third kappa shape index (κ3) is 10.8. The van der Waals surface area contributed by atoms with E-state index in [-0.39, 0.29) is 18.5 Å². The van der Waals surface area contributed by atoms with Gasteiger partial charge < -0.3 is 14.2 Å². The van der Waals surface area contributed by atoms with Crippen molar-refractivity contribution in [2.75, 3.05) is 26.9 Å². The highest BCUT2D eigenvalue weighted by atomic mass is 16.6. The van der Waals surface area contributed by atoms with Gasteiger partial charge in [0, 0.05) is 14.0 Å². The lowest BCUT2D eigenvalue weighted by Gasteiger charge is -2.04. The third-order valence-electron chi connectivity index (χ3n) is 1.62. The first kappa shape index (κ1) is 13.9. The van der Waals surface area contributed by atoms with Crippen LogP contribution >= 0.6 is 0 Å². The van der Waals surface area contributed by atoms with Crippen molar-refractivity contribution in [1.82, 2.24) is 0 Å². The lowest BCUT2D eigenvalue weighted by Crippen LogP contribution is -2.12. The van der Waals surface area contributed by atoms with Gasteiger partial charge in [0.05, 0.1) is 13.2 Å². The molecule has 0 aliphatic heterocycles. The van der Waals surface area contributed by atoms with Gasteiger partial charge in [-0.15, -0.1) is 0 Å². The standard InChI is InChI=1S/C10H18O5/c1-9(11)14-6-4-3-5-7-15-10(12)8-13-2/h3-8H2,1-2H3. The predicted octanol–water partition coefficient (Wildman–Crippen LogP) is 0.909. The number of carbonyl (C=O) groups is 2. The number of unbranched alkanes of at least 4 members (excludes halogenated alkanes) is 2. The maximum Gasteiger partial charge on any atom is 0.332 e. The van der Waals surface area contributed by atoms with Gasteiger partial charge >= 0.3 is 11.9 Å². The monoisotopic (exact) mass is 218 g/mol. The van der Waals surface area contributed by atoms with E-state index in [4.69, 9.17) is 9.47 Å². The van der Waals surface area contributed by atoms with Crippen LogP contribution in [0.5, 0.6) is 0 Å². The number of hydrogen-bond donors (Lipinski definition) is 0. The molecule has 5 nitrogen and oxygen atoms in total. The molecule has 0 heterocycles. The summed E-state index contributed by atoms with van der Waals surface area (Å²) in [5.41, 5.74) is 0. The van der Waals surface area contributed by atoms with Gasteiger partial charge in [-0.25, -0.2) is 4.79 Å². The molecule has 15 heavy (non-hydrogen) atoms. The summed E-state index contributed by atoms with van der Waals surface area (Å²) in [6.45, 7) is 2.20. The Morgan fingerprint density at radius 1 is 1.00 bits per heavy atom. The Morgan fingerprint density at radius 3 is 2.13 bits per heavy atom. The first-order valence-corrected chi connectivity index (χ1v) is 4.94. The lowest BCUT2D eigenvalue weighted by atomic mass is 10.2. The highest BCUT2D eigenvalue weighted by Gasteiger charge is 2.00. The first-order chi connectivity index (χ1) is 7.16. The van der Waals surface area contributed by atoms with Crippen molar-refractivity contribution in [3.8, 4) is 0 Å². The number of methoxy groups -OCH3 is 1. The topological polar surface area (TPSA) is 61.8 Å². The van der Waals surface area contributed by atoms with Crippen LogP contribution in [0.4, 0.5) is 0 Å². The Labute approximate surface area is 89.7 Å². The predicted molar refractivity (Wildman–Crippen MR) is 53.3 cm³/mol. The summed E-state index contributed by atoms with van der Waals surface area (Å²) in [5.74, 6) is -0.612. The maximum atomic E-state index is 10.8. The Bertz CT molecular complexity index is 190. The van der Waals surface area contributed by atoms with E-state index >= 15 is 0 Å². The molecule has 0 amide bonds. The van der Waals surface area contributed by atoms with Crippen molar-refractivity contribution >= 4 is 11.9 Å². The van der Waals surface area contributed by atoms with Gasteiger partial charge in [-0.1, -0.05) is 0 Å². The first-order valence-electron chi connectivity index (χ1n) is 4.94. The molecule has 0 aliphatic rings. The van der Waals surface area contributed by atoms with Crippen molar-refractivity contribution in [2.45, 2.75) is 26.2 Å². The number of ether oxygens (including phenoxy) is 3. The van der Waals surface area contributed by atoms with E-state index in [9.17, 15) is 9.59 Å². The Balaban J connectivity index is 3.11. The zero-order valence-electron chi connectivity index (χ0n) is 9.28. The van der Waals surface area contributed by atoms with E-state index < -0.39 is 0 Å². The molecule has 0 spiro atoms. The average Bonchev–Trinajstić information content (AvgIpc) is 2.16. The molecule has 5 heteroatoms. The fourth-order valence-corrected chi connectivity index (χ4v) is 0.942. The molecule has 0 aliphatic carbocycles. The van der Waals surface area contributed by atoms with Crippen LogP contribution in [0.2, 0.25) is 0 Å². The van der Waals surface area contributed by atoms with E-state index in [2.05, 4.69) is 4.74 Å². The zero-order chi connectivity index (χ0) is 11.5. The van der Waals surface area contributed by atoms with E-state index in [0.29, 0.717) is 13.2 Å². The quantitative estimate of drug-likeness (QED) is 0.447. The summed E-state index contributed by atoms with van der Waals surface area (Å²) < 4.78 is 14.2. The minimum atomic E-state index is -0.350. The molecule has 0 radical (unpaired) electrons. The van der Waals surface area contributed by atoms with Gasteiger partial charge in [-0.05, 0) is 19.3 Å². The number of hydrogen-bond acceptors (Lipinski definition) is 5. The third-order valence-corrected chi connectivity index (χ3v) is 1.62. The van der Waals surface area contributed by atoms with E-state index in [1.54, 1.807) is 0 Å². The van der Waals surface area contributed by atoms with E-state index in [1.807, 2.05) is 0 Å². The molecule has 0 aromatic rings. The smallest absolute Gasteiger partial charge is 0.332 e. The summed E-state index contributed by atoms with van der Waals surface area (Å²) in [6.07, 6.45) is 2.44. The molecule has 0 unspecified atom stereocenters. The number of carbonyl (C=O) groups excluding carboxylic acids is 2. The summed E-state index contributed by atoms with van der Waals surface area (Å²) in [5, 5.41) is 0. The lowest BCUT2D eigenvalue weighted by molar-refractivity contribution is -0.148. The van der Waals surface area contributed by atoms with E-state index in [0.717, 1.165) is 19.3 Å². The van der Waals surface area contributed by atoms with Gasteiger partial charge in [0.1, 0.15) is 6.61 Å². The van der Waals surface area contributed by atoms with Crippen LogP contribution in [-0.2, 0) is 23.8 Å². The van der Waals surface area contributed by atoms with Crippen molar-refractivity contribution < 1.29 is 23.8 Å². The fraction of sp³-hybridized carbons (Fsp3) is 0.800. The molecule has 0 saturated carbocycles. The summed E-state index contributed by atoms with van der Waals surface area (Å²) in [7, 11) is 1.44. The molecule has 0 rings (SSSR count). The minimum absolute atomic E-state index is 0.00650. The number of esters is 2. The Kier molecular flexibility index (Phi) is 8.76. The number of rotatable bonds is 8. The largest absolute Gasteiger partial charge is 0.466 e. The second-order valence-corrected chi connectivity index (χ2v) is 3.05. The molecular formula is C10H18O5. The summed E-state index contributed by atoms with van der Waals surface area (Å²) >= 11 is 0. The maximum absolute atomic E-state index is 10.8. The fourth-order valence-electron chi connectivity index (χ4n) is 0.942.